The molecular weight excluding hydrogens is 1120 g/mol. The Bertz CT molecular complexity index is 2750. The van der Waals surface area contributed by atoms with Crippen molar-refractivity contribution in [3.63, 3.8) is 0 Å². The Morgan fingerprint density at radius 3 is 1.69 bits per heavy atom. The average molecular weight is 1190 g/mol. The van der Waals surface area contributed by atoms with E-state index in [4.69, 9.17) is 43.6 Å². The summed E-state index contributed by atoms with van der Waals surface area (Å²) in [6.07, 6.45) is -16.3. The highest BCUT2D eigenvalue weighted by molar-refractivity contribution is 5.81. The van der Waals surface area contributed by atoms with Gasteiger partial charge in [0, 0.05) is 50.0 Å². The maximum atomic E-state index is 14.0. The number of nitro benzene ring substituents is 3. The van der Waals surface area contributed by atoms with Crippen LogP contribution in [0.5, 0.6) is 0 Å². The van der Waals surface area contributed by atoms with Crippen molar-refractivity contribution in [2.45, 2.75) is 140 Å². The number of nitrogens with two attached hydrogens (primary N) is 1. The Morgan fingerprint density at radius 1 is 0.750 bits per heavy atom. The summed E-state index contributed by atoms with van der Waals surface area (Å²) in [6.45, 7) is 3.49. The molecule has 32 nitrogen and oxygen atoms in total. The molecule has 11 atom stereocenters. The lowest BCUT2D eigenvalue weighted by atomic mass is 9.83. The third-order valence-corrected chi connectivity index (χ3v) is 12.9. The lowest BCUT2D eigenvalue weighted by molar-refractivity contribution is -0.385. The maximum absolute atomic E-state index is 14.0. The predicted octanol–water partition coefficient (Wildman–Crippen LogP) is 2.54. The monoisotopic (exact) mass is 1190 g/mol. The van der Waals surface area contributed by atoms with Gasteiger partial charge in [0.25, 0.3) is 17.1 Å². The molecule has 3 aromatic carbocycles. The predicted molar refractivity (Wildman–Crippen MR) is 288 cm³/mol. The smallest absolute Gasteiger partial charge is 0.410 e. The van der Waals surface area contributed by atoms with E-state index < -0.39 is 151 Å². The summed E-state index contributed by atoms with van der Waals surface area (Å²) in [5, 5.41) is 89.2. The Kier molecular flexibility index (Phi) is 24.8. The first-order valence-electron chi connectivity index (χ1n) is 26.1. The molecule has 460 valence electrons. The van der Waals surface area contributed by atoms with Gasteiger partial charge in [0.2, 0.25) is 12.2 Å². The Hall–Kier alpha value is -8.37. The molecule has 0 aromatic heterocycles. The van der Waals surface area contributed by atoms with Crippen molar-refractivity contribution in [3.05, 3.63) is 132 Å². The van der Waals surface area contributed by atoms with Crippen molar-refractivity contribution in [3.8, 4) is 0 Å². The molecule has 1 fully saturated rings. The molecular formula is C52H69N9O23. The largest absolute Gasteiger partial charge is 0.466 e. The number of aliphatic hydroxyl groups is 4. The van der Waals surface area contributed by atoms with Crippen LogP contribution in [0.25, 0.3) is 0 Å². The molecule has 1 aliphatic carbocycles. The highest BCUT2D eigenvalue weighted by atomic mass is 16.7. The minimum absolute atomic E-state index is 0.0305. The molecule has 0 bridgehead atoms. The van der Waals surface area contributed by atoms with Gasteiger partial charge in [0.05, 0.1) is 58.7 Å². The first kappa shape index (κ1) is 66.4. The van der Waals surface area contributed by atoms with Gasteiger partial charge in [-0.25, -0.2) is 19.2 Å². The molecule has 2 aliphatic rings. The van der Waals surface area contributed by atoms with Crippen LogP contribution in [0, 0.1) is 30.3 Å². The van der Waals surface area contributed by atoms with Crippen molar-refractivity contribution in [1.82, 2.24) is 26.2 Å². The number of alkyl carbamates (subject to hydrolysis) is 3. The summed E-state index contributed by atoms with van der Waals surface area (Å²) in [7, 11) is 1.31. The summed E-state index contributed by atoms with van der Waals surface area (Å²) in [6, 6.07) is 10.1. The fourth-order valence-corrected chi connectivity index (χ4v) is 8.27. The standard InChI is InChI=1S/C52H69N9O23/c1-29(58(5)51(70)84-52(2,3)4)41(64)47(77-23-22-62)83-43-38(55-45(66)40(63)20-21-54-48(67)78-26-30-6-12-33(13-7-30)59(71)72)24-39(57-50(69)80-28-32-10-16-35(17-11-32)61(75)76)44(42(43)65)82-46-37(19-18-36(25-53)81-46)56-49(68)79-27-31-8-14-34(15-9-31)60(73)74/h6-18,29,37-44,46-47,62-65H,19-28,53H2,1-5H3,(H,54,67)(H,55,66)(H,56,68)(H,57,69)/t29-,37+,38+,39-,40-,41+,42+,43-,44+,46+,47+/m0/s1. The number of nitro groups is 3. The molecule has 84 heavy (non-hydrogen) atoms. The van der Waals surface area contributed by atoms with Crippen LogP contribution in [-0.4, -0.2) is 177 Å². The van der Waals surface area contributed by atoms with E-state index in [9.17, 15) is 74.7 Å². The molecule has 32 heteroatoms. The normalized spacial score (nSPS) is 20.8. The minimum Gasteiger partial charge on any atom is -0.466 e. The van der Waals surface area contributed by atoms with Crippen LogP contribution in [0.2, 0.25) is 0 Å². The number of hydrogen-bond donors (Lipinski definition) is 9. The zero-order chi connectivity index (χ0) is 61.8. The molecule has 1 aliphatic heterocycles. The van der Waals surface area contributed by atoms with Gasteiger partial charge >= 0.3 is 24.4 Å². The third kappa shape index (κ3) is 20.2. The van der Waals surface area contributed by atoms with Crippen LogP contribution in [0.4, 0.5) is 36.2 Å². The van der Waals surface area contributed by atoms with Gasteiger partial charge in [0.15, 0.2) is 6.29 Å². The van der Waals surface area contributed by atoms with Crippen LogP contribution in [0.1, 0.15) is 63.6 Å². The number of rotatable bonds is 27. The second-order valence-electron chi connectivity index (χ2n) is 20.2. The number of nitrogens with one attached hydrogen (secondary N) is 4. The average Bonchev–Trinajstić information content (AvgIpc) is 2.45. The Labute approximate surface area is 479 Å². The van der Waals surface area contributed by atoms with Gasteiger partial charge in [-0.2, -0.15) is 0 Å². The van der Waals surface area contributed by atoms with Gasteiger partial charge in [-0.3, -0.25) is 35.1 Å². The SMILES string of the molecule is C[C@@H]([C@@H](O)[C@H](OCCO)O[C@@H]1[C@@H](O)[C@H](O[C@H]2OC(CN)=CC[C@H]2NC(=O)OCc2ccc([N+](=O)[O-])cc2)[C@@H](NC(=O)OCc2ccc([N+](=O)[O-])cc2)C[C@H]1NC(=O)[C@@H](O)CCNC(=O)OCc1ccc([N+](=O)[O-])cc1)N(C)C(=O)OC(C)(C)C. The lowest BCUT2D eigenvalue weighted by Crippen LogP contribution is -2.68. The number of benzene rings is 3. The van der Waals surface area contributed by atoms with Gasteiger partial charge in [0.1, 0.15) is 61.7 Å². The van der Waals surface area contributed by atoms with Crippen LogP contribution in [0.3, 0.4) is 0 Å². The number of non-ortho nitro benzene ring substituents is 3. The quantitative estimate of drug-likeness (QED) is 0.0229. The van der Waals surface area contributed by atoms with Crippen LogP contribution in [-0.2, 0) is 62.5 Å². The molecule has 10 N–H and O–H groups in total. The maximum Gasteiger partial charge on any atom is 0.410 e. The summed E-state index contributed by atoms with van der Waals surface area (Å²) in [5.74, 6) is -0.977. The first-order valence-corrected chi connectivity index (χ1v) is 26.1. The zero-order valence-corrected chi connectivity index (χ0v) is 46.3. The number of aliphatic hydroxyl groups excluding tert-OH is 4. The lowest BCUT2D eigenvalue weighted by Gasteiger charge is -2.47. The number of hydrogen-bond acceptors (Lipinski definition) is 24. The van der Waals surface area contributed by atoms with Gasteiger partial charge in [-0.15, -0.1) is 0 Å². The molecule has 1 heterocycles. The number of nitrogens with zero attached hydrogens (tertiary/aromatic N) is 4. The van der Waals surface area contributed by atoms with Crippen molar-refractivity contribution in [1.29, 1.82) is 0 Å². The molecule has 0 saturated heterocycles. The van der Waals surface area contributed by atoms with Gasteiger partial charge in [-0.1, -0.05) is 0 Å². The van der Waals surface area contributed by atoms with E-state index in [1.165, 1.54) is 92.8 Å². The van der Waals surface area contributed by atoms with E-state index in [0.717, 1.165) is 4.90 Å². The number of likely N-dealkylation sites (N-methyl/N-ethyl adjacent to an activating group) is 1. The van der Waals surface area contributed by atoms with E-state index in [1.54, 1.807) is 20.8 Å². The van der Waals surface area contributed by atoms with Crippen molar-refractivity contribution in [2.75, 3.05) is 33.4 Å². The molecule has 5 amide bonds. The third-order valence-electron chi connectivity index (χ3n) is 12.9. The van der Waals surface area contributed by atoms with E-state index in [1.807, 2.05) is 0 Å². The highest BCUT2D eigenvalue weighted by Gasteiger charge is 2.51. The second-order valence-corrected chi connectivity index (χ2v) is 20.2. The number of carbonyl (C=O) groups is 5. The van der Waals surface area contributed by atoms with Crippen molar-refractivity contribution < 1.29 is 97.1 Å². The number of carbonyl (C=O) groups excluding carboxylic acids is 5. The second kappa shape index (κ2) is 31.3. The zero-order valence-electron chi connectivity index (χ0n) is 46.3. The van der Waals surface area contributed by atoms with Crippen LogP contribution in [0.15, 0.2) is 84.6 Å². The Balaban J connectivity index is 1.46. The van der Waals surface area contributed by atoms with Gasteiger partial charge in [-0.05, 0) is 106 Å². The molecule has 0 radical (unpaired) electrons. The minimum atomic E-state index is -2.08. The summed E-state index contributed by atoms with van der Waals surface area (Å²) in [5.41, 5.74) is 5.49. The van der Waals surface area contributed by atoms with E-state index >= 15 is 0 Å². The molecule has 0 spiro atoms. The molecule has 5 rings (SSSR count). The topological polar surface area (TPSA) is 447 Å². The van der Waals surface area contributed by atoms with E-state index in [0.29, 0.717) is 16.7 Å². The highest BCUT2D eigenvalue weighted by Crippen LogP contribution is 2.32. The van der Waals surface area contributed by atoms with E-state index in [2.05, 4.69) is 21.3 Å². The first-order chi connectivity index (χ1) is 39.8. The molecule has 3 aromatic rings. The van der Waals surface area contributed by atoms with Crippen LogP contribution >= 0.6 is 0 Å². The molecule has 0 unspecified atom stereocenters. The number of ether oxygens (including phenoxy) is 8. The number of amides is 5. The van der Waals surface area contributed by atoms with Gasteiger partial charge < -0.3 is 90.2 Å². The van der Waals surface area contributed by atoms with Crippen molar-refractivity contribution >= 4 is 47.3 Å². The van der Waals surface area contributed by atoms with E-state index in [-0.39, 0.29) is 55.5 Å². The van der Waals surface area contributed by atoms with Crippen LogP contribution < -0.4 is 27.0 Å². The molecule has 1 saturated carbocycles. The van der Waals surface area contributed by atoms with Crippen molar-refractivity contribution in [2.24, 2.45) is 5.73 Å². The fourth-order valence-electron chi connectivity index (χ4n) is 8.27. The fraction of sp³-hybridized carbons (Fsp3) is 0.519. The summed E-state index contributed by atoms with van der Waals surface area (Å²) >= 11 is 0. The summed E-state index contributed by atoms with van der Waals surface area (Å²) in [4.78, 5) is 99.5. The summed E-state index contributed by atoms with van der Waals surface area (Å²) < 4.78 is 46.1. The Morgan fingerprint density at radius 2 is 1.23 bits per heavy atom.